The van der Waals surface area contributed by atoms with Crippen molar-refractivity contribution >= 4 is 17.8 Å². The number of ketones is 1. The molecular weight excluding hydrogens is 432 g/mol. The number of benzene rings is 2. The lowest BCUT2D eigenvalue weighted by atomic mass is 10.1. The normalized spacial score (nSPS) is 10.4. The third-order valence-corrected chi connectivity index (χ3v) is 5.02. The molecule has 0 saturated carbocycles. The first kappa shape index (κ1) is 26.1. The zero-order chi connectivity index (χ0) is 25.1. The van der Waals surface area contributed by atoms with Gasteiger partial charge in [0, 0.05) is 5.69 Å². The van der Waals surface area contributed by atoms with Gasteiger partial charge in [0.25, 0.3) is 0 Å². The summed E-state index contributed by atoms with van der Waals surface area (Å²) in [6.07, 6.45) is 4.51. The minimum absolute atomic E-state index is 0.0892. The molecule has 1 aromatic heterocycles. The SMILES string of the molecule is C/C=C\c1nc(COc2ccc(C(=O)O)cc2)n(CC(=O)c2ccccc2OC)c1CC.C=C. The zero-order valence-electron chi connectivity index (χ0n) is 19.8. The molecule has 1 heterocycles. The molecule has 0 atom stereocenters. The first-order chi connectivity index (χ1) is 16.5. The zero-order valence-corrected chi connectivity index (χ0v) is 19.8. The van der Waals surface area contributed by atoms with Gasteiger partial charge in [-0.3, -0.25) is 4.79 Å². The summed E-state index contributed by atoms with van der Waals surface area (Å²) >= 11 is 0. The summed E-state index contributed by atoms with van der Waals surface area (Å²) in [5, 5.41) is 9.04. The number of methoxy groups -OCH3 is 1. The molecule has 0 amide bonds. The molecule has 0 saturated heterocycles. The van der Waals surface area contributed by atoms with Crippen LogP contribution < -0.4 is 9.47 Å². The maximum atomic E-state index is 13.1. The number of para-hydroxylation sites is 1. The molecule has 0 bridgehead atoms. The smallest absolute Gasteiger partial charge is 0.335 e. The molecule has 0 aliphatic rings. The molecule has 34 heavy (non-hydrogen) atoms. The van der Waals surface area contributed by atoms with Crippen LogP contribution >= 0.6 is 0 Å². The van der Waals surface area contributed by atoms with Crippen molar-refractivity contribution in [1.29, 1.82) is 0 Å². The number of aromatic carboxylic acids is 1. The van der Waals surface area contributed by atoms with E-state index in [1.807, 2.05) is 36.6 Å². The number of hydrogen-bond donors (Lipinski definition) is 1. The van der Waals surface area contributed by atoms with Gasteiger partial charge >= 0.3 is 5.97 Å². The van der Waals surface area contributed by atoms with E-state index < -0.39 is 5.97 Å². The summed E-state index contributed by atoms with van der Waals surface area (Å²) in [6, 6.07) is 13.3. The topological polar surface area (TPSA) is 90.6 Å². The Morgan fingerprint density at radius 3 is 2.38 bits per heavy atom. The van der Waals surface area contributed by atoms with Crippen LogP contribution in [0.5, 0.6) is 11.5 Å². The van der Waals surface area contributed by atoms with Gasteiger partial charge in [0.1, 0.15) is 23.9 Å². The molecule has 0 aliphatic heterocycles. The van der Waals surface area contributed by atoms with Crippen LogP contribution in [0.25, 0.3) is 6.08 Å². The number of ether oxygens (including phenoxy) is 2. The maximum absolute atomic E-state index is 13.1. The lowest BCUT2D eigenvalue weighted by molar-refractivity contribution is 0.0696. The predicted molar refractivity (Wildman–Crippen MR) is 133 cm³/mol. The summed E-state index contributed by atoms with van der Waals surface area (Å²) in [5.41, 5.74) is 2.42. The minimum Gasteiger partial charge on any atom is -0.496 e. The number of carboxylic acid groups (broad SMARTS) is 1. The molecule has 0 unspecified atom stereocenters. The van der Waals surface area contributed by atoms with Crippen LogP contribution in [0, 0.1) is 0 Å². The van der Waals surface area contributed by atoms with Crippen molar-refractivity contribution in [2.24, 2.45) is 0 Å². The molecule has 3 rings (SSSR count). The fraction of sp³-hybridized carbons (Fsp3) is 0.222. The summed E-state index contributed by atoms with van der Waals surface area (Å²) in [4.78, 5) is 28.8. The van der Waals surface area contributed by atoms with Crippen LogP contribution in [-0.2, 0) is 19.6 Å². The third-order valence-electron chi connectivity index (χ3n) is 5.02. The first-order valence-corrected chi connectivity index (χ1v) is 10.8. The number of hydrogen-bond acceptors (Lipinski definition) is 5. The van der Waals surface area contributed by atoms with Crippen molar-refractivity contribution in [3.8, 4) is 11.5 Å². The van der Waals surface area contributed by atoms with E-state index in [4.69, 9.17) is 19.6 Å². The van der Waals surface area contributed by atoms with E-state index in [1.165, 1.54) is 12.1 Å². The van der Waals surface area contributed by atoms with Crippen molar-refractivity contribution in [1.82, 2.24) is 9.55 Å². The minimum atomic E-state index is -0.995. The maximum Gasteiger partial charge on any atom is 0.335 e. The van der Waals surface area contributed by atoms with Gasteiger partial charge in [0.2, 0.25) is 0 Å². The Kier molecular flexibility index (Phi) is 9.83. The van der Waals surface area contributed by atoms with Crippen LogP contribution in [0.3, 0.4) is 0 Å². The quantitative estimate of drug-likeness (QED) is 0.318. The van der Waals surface area contributed by atoms with Crippen LogP contribution in [-0.4, -0.2) is 33.5 Å². The number of rotatable bonds is 10. The number of Topliss-reactive ketones (excluding diaryl/α,β-unsaturated/α-hetero) is 1. The van der Waals surface area contributed by atoms with E-state index in [2.05, 4.69) is 13.2 Å². The number of carboxylic acids is 1. The van der Waals surface area contributed by atoms with Crippen molar-refractivity contribution in [2.75, 3.05) is 7.11 Å². The summed E-state index contributed by atoms with van der Waals surface area (Å²) in [6.45, 7) is 10.2. The molecule has 3 aromatic rings. The van der Waals surface area contributed by atoms with E-state index >= 15 is 0 Å². The van der Waals surface area contributed by atoms with Crippen molar-refractivity contribution < 1.29 is 24.2 Å². The molecule has 7 heteroatoms. The molecular formula is C27H30N2O5. The Labute approximate surface area is 200 Å². The molecule has 1 N–H and O–H groups in total. The monoisotopic (exact) mass is 462 g/mol. The highest BCUT2D eigenvalue weighted by atomic mass is 16.5. The van der Waals surface area contributed by atoms with Gasteiger partial charge in [0.15, 0.2) is 5.78 Å². The van der Waals surface area contributed by atoms with E-state index in [9.17, 15) is 9.59 Å². The Balaban J connectivity index is 0.00000199. The Bertz CT molecular complexity index is 1150. The Hall–Kier alpha value is -4.13. The molecule has 0 radical (unpaired) electrons. The lowest BCUT2D eigenvalue weighted by Gasteiger charge is -2.13. The second kappa shape index (κ2) is 12.8. The number of carbonyl (C=O) groups excluding carboxylic acids is 1. The van der Waals surface area contributed by atoms with Crippen LogP contribution in [0.1, 0.15) is 51.8 Å². The number of carbonyl (C=O) groups is 2. The van der Waals surface area contributed by atoms with Crippen LogP contribution in [0.15, 0.2) is 67.8 Å². The summed E-state index contributed by atoms with van der Waals surface area (Å²) < 4.78 is 13.1. The third kappa shape index (κ3) is 6.22. The highest BCUT2D eigenvalue weighted by molar-refractivity contribution is 5.98. The van der Waals surface area contributed by atoms with Gasteiger partial charge < -0.3 is 19.1 Å². The number of imidazole rings is 1. The molecule has 0 spiro atoms. The highest BCUT2D eigenvalue weighted by Crippen LogP contribution is 2.22. The summed E-state index contributed by atoms with van der Waals surface area (Å²) in [7, 11) is 1.54. The number of aromatic nitrogens is 2. The van der Waals surface area contributed by atoms with Gasteiger partial charge in [-0.2, -0.15) is 0 Å². The predicted octanol–water partition coefficient (Wildman–Crippen LogP) is 5.45. The fourth-order valence-electron chi connectivity index (χ4n) is 3.46. The average Bonchev–Trinajstić information content (AvgIpc) is 3.19. The largest absolute Gasteiger partial charge is 0.496 e. The van der Waals surface area contributed by atoms with Crippen molar-refractivity contribution in [2.45, 2.75) is 33.4 Å². The highest BCUT2D eigenvalue weighted by Gasteiger charge is 2.20. The van der Waals surface area contributed by atoms with Crippen LogP contribution in [0.4, 0.5) is 0 Å². The van der Waals surface area contributed by atoms with Gasteiger partial charge in [-0.1, -0.05) is 25.1 Å². The number of allylic oxidation sites excluding steroid dienone is 1. The van der Waals surface area contributed by atoms with Gasteiger partial charge in [-0.25, -0.2) is 9.78 Å². The van der Waals surface area contributed by atoms with E-state index in [0.717, 1.165) is 11.4 Å². The summed E-state index contributed by atoms with van der Waals surface area (Å²) in [5.74, 6) is 0.576. The first-order valence-electron chi connectivity index (χ1n) is 10.8. The van der Waals surface area contributed by atoms with Gasteiger partial charge in [0.05, 0.1) is 30.5 Å². The Morgan fingerprint density at radius 2 is 1.79 bits per heavy atom. The van der Waals surface area contributed by atoms with Gasteiger partial charge in [-0.05, 0) is 55.8 Å². The van der Waals surface area contributed by atoms with E-state index in [1.54, 1.807) is 37.4 Å². The molecule has 0 fully saturated rings. The average molecular weight is 463 g/mol. The lowest BCUT2D eigenvalue weighted by Crippen LogP contribution is -2.17. The Morgan fingerprint density at radius 1 is 1.12 bits per heavy atom. The van der Waals surface area contributed by atoms with Crippen LogP contribution in [0.2, 0.25) is 0 Å². The molecule has 178 valence electrons. The van der Waals surface area contributed by atoms with Crippen molar-refractivity contribution in [3.05, 3.63) is 96.1 Å². The fourth-order valence-corrected chi connectivity index (χ4v) is 3.46. The second-order valence-electron chi connectivity index (χ2n) is 7.04. The van der Waals surface area contributed by atoms with E-state index in [-0.39, 0.29) is 24.5 Å². The van der Waals surface area contributed by atoms with Crippen molar-refractivity contribution in [3.63, 3.8) is 0 Å². The molecule has 2 aromatic carbocycles. The standard InChI is InChI=1S/C25H26N2O5.C2H4/c1-4-8-20-21(5-2)27(15-22(28)19-9-6-7-10-23(19)31-3)24(26-20)16-32-18-13-11-17(12-14-18)25(29)30;1-2/h4,6-14H,5,15-16H2,1-3H3,(H,29,30);1-2H2/b8-4-;. The van der Waals surface area contributed by atoms with Gasteiger partial charge in [-0.15, -0.1) is 13.2 Å². The molecule has 7 nitrogen and oxygen atoms in total. The molecule has 0 aliphatic carbocycles. The van der Waals surface area contributed by atoms with E-state index in [0.29, 0.717) is 29.3 Å². The number of nitrogens with zero attached hydrogens (tertiary/aromatic N) is 2. The second-order valence-corrected chi connectivity index (χ2v) is 7.04.